The standard InChI is InChI=1S/C12H18ClNO/c1-9(2)14-10(3)8-15-12-6-4-5-11(13)7-12/h4-7,9-10,14H,8H2,1-3H3/t10-/m0/s1. The Morgan fingerprint density at radius 2 is 2.07 bits per heavy atom. The van der Waals surface area contributed by atoms with E-state index in [2.05, 4.69) is 26.1 Å². The maximum Gasteiger partial charge on any atom is 0.120 e. The van der Waals surface area contributed by atoms with E-state index in [0.717, 1.165) is 5.75 Å². The minimum absolute atomic E-state index is 0.337. The molecule has 84 valence electrons. The van der Waals surface area contributed by atoms with Crippen molar-refractivity contribution in [2.75, 3.05) is 6.61 Å². The summed E-state index contributed by atoms with van der Waals surface area (Å²) in [6, 6.07) is 8.27. The Bertz CT molecular complexity index is 301. The summed E-state index contributed by atoms with van der Waals surface area (Å²) in [5.74, 6) is 0.819. The van der Waals surface area contributed by atoms with Crippen molar-refractivity contribution < 1.29 is 4.74 Å². The zero-order valence-corrected chi connectivity index (χ0v) is 10.2. The van der Waals surface area contributed by atoms with E-state index >= 15 is 0 Å². The molecule has 0 heterocycles. The van der Waals surface area contributed by atoms with Gasteiger partial charge in [0, 0.05) is 17.1 Å². The Morgan fingerprint density at radius 1 is 1.33 bits per heavy atom. The van der Waals surface area contributed by atoms with Crippen LogP contribution in [0.15, 0.2) is 24.3 Å². The summed E-state index contributed by atoms with van der Waals surface area (Å²) in [5.41, 5.74) is 0. The number of rotatable bonds is 5. The van der Waals surface area contributed by atoms with Crippen LogP contribution in [0.25, 0.3) is 0 Å². The van der Waals surface area contributed by atoms with Crippen molar-refractivity contribution in [2.45, 2.75) is 32.9 Å². The molecule has 1 aromatic rings. The number of ether oxygens (including phenoxy) is 1. The van der Waals surface area contributed by atoms with Crippen molar-refractivity contribution in [3.8, 4) is 5.75 Å². The van der Waals surface area contributed by atoms with Crippen LogP contribution < -0.4 is 10.1 Å². The molecule has 0 bridgehead atoms. The molecule has 0 unspecified atom stereocenters. The van der Waals surface area contributed by atoms with Crippen LogP contribution in [0.4, 0.5) is 0 Å². The van der Waals surface area contributed by atoms with Gasteiger partial charge in [-0.25, -0.2) is 0 Å². The van der Waals surface area contributed by atoms with Crippen LogP contribution in [0.5, 0.6) is 5.75 Å². The second-order valence-electron chi connectivity index (χ2n) is 3.99. The zero-order chi connectivity index (χ0) is 11.3. The minimum Gasteiger partial charge on any atom is -0.492 e. The van der Waals surface area contributed by atoms with Crippen LogP contribution >= 0.6 is 11.6 Å². The summed E-state index contributed by atoms with van der Waals surface area (Å²) in [6.45, 7) is 6.99. The highest BCUT2D eigenvalue weighted by atomic mass is 35.5. The van der Waals surface area contributed by atoms with Crippen LogP contribution in [0.3, 0.4) is 0 Å². The van der Waals surface area contributed by atoms with E-state index in [1.165, 1.54) is 0 Å². The average molecular weight is 228 g/mol. The lowest BCUT2D eigenvalue weighted by molar-refractivity contribution is 0.266. The Hall–Kier alpha value is -0.730. The summed E-state index contributed by atoms with van der Waals surface area (Å²) < 4.78 is 5.60. The predicted octanol–water partition coefficient (Wildman–Crippen LogP) is 3.11. The summed E-state index contributed by atoms with van der Waals surface area (Å²) in [7, 11) is 0. The maximum absolute atomic E-state index is 5.85. The number of nitrogens with one attached hydrogen (secondary N) is 1. The monoisotopic (exact) mass is 227 g/mol. The Kier molecular flexibility index (Phi) is 4.92. The molecule has 2 nitrogen and oxygen atoms in total. The number of hydrogen-bond donors (Lipinski definition) is 1. The Balaban J connectivity index is 2.36. The summed E-state index contributed by atoms with van der Waals surface area (Å²) >= 11 is 5.85. The summed E-state index contributed by atoms with van der Waals surface area (Å²) in [6.07, 6.45) is 0. The van der Waals surface area contributed by atoms with Gasteiger partial charge in [-0.05, 0) is 25.1 Å². The van der Waals surface area contributed by atoms with E-state index in [9.17, 15) is 0 Å². The first-order chi connectivity index (χ1) is 7.08. The third kappa shape index (κ3) is 5.05. The highest BCUT2D eigenvalue weighted by Gasteiger charge is 2.04. The third-order valence-electron chi connectivity index (χ3n) is 1.91. The van der Waals surface area contributed by atoms with Gasteiger partial charge in [0.25, 0.3) is 0 Å². The van der Waals surface area contributed by atoms with Crippen molar-refractivity contribution in [3.63, 3.8) is 0 Å². The molecule has 0 amide bonds. The SMILES string of the molecule is CC(C)N[C@@H](C)COc1cccc(Cl)c1. The van der Waals surface area contributed by atoms with Gasteiger partial charge in [0.2, 0.25) is 0 Å². The second-order valence-corrected chi connectivity index (χ2v) is 4.43. The summed E-state index contributed by atoms with van der Waals surface area (Å²) in [5, 5.41) is 4.08. The predicted molar refractivity (Wildman–Crippen MR) is 64.7 cm³/mol. The molecule has 0 aliphatic heterocycles. The molecule has 1 N–H and O–H groups in total. The van der Waals surface area contributed by atoms with Gasteiger partial charge >= 0.3 is 0 Å². The Labute approximate surface area is 96.6 Å². The van der Waals surface area contributed by atoms with Gasteiger partial charge in [-0.1, -0.05) is 31.5 Å². The molecule has 0 saturated carbocycles. The third-order valence-corrected chi connectivity index (χ3v) is 2.15. The van der Waals surface area contributed by atoms with Gasteiger partial charge in [0.1, 0.15) is 12.4 Å². The van der Waals surface area contributed by atoms with Gasteiger partial charge in [-0.15, -0.1) is 0 Å². The first-order valence-electron chi connectivity index (χ1n) is 5.22. The smallest absolute Gasteiger partial charge is 0.120 e. The zero-order valence-electron chi connectivity index (χ0n) is 9.46. The number of benzene rings is 1. The lowest BCUT2D eigenvalue weighted by Crippen LogP contribution is -2.36. The number of hydrogen-bond acceptors (Lipinski definition) is 2. The summed E-state index contributed by atoms with van der Waals surface area (Å²) in [4.78, 5) is 0. The topological polar surface area (TPSA) is 21.3 Å². The lowest BCUT2D eigenvalue weighted by atomic mass is 10.3. The fraction of sp³-hybridized carbons (Fsp3) is 0.500. The number of halogens is 1. The van der Waals surface area contributed by atoms with E-state index in [-0.39, 0.29) is 0 Å². The van der Waals surface area contributed by atoms with E-state index in [1.807, 2.05) is 24.3 Å². The van der Waals surface area contributed by atoms with E-state index in [0.29, 0.717) is 23.7 Å². The molecule has 0 fully saturated rings. The van der Waals surface area contributed by atoms with Crippen molar-refractivity contribution >= 4 is 11.6 Å². The quantitative estimate of drug-likeness (QED) is 0.835. The molecule has 0 spiro atoms. The molecule has 1 rings (SSSR count). The second kappa shape index (κ2) is 5.99. The van der Waals surface area contributed by atoms with Crippen LogP contribution in [0.2, 0.25) is 5.02 Å². The molecule has 3 heteroatoms. The van der Waals surface area contributed by atoms with Crippen LogP contribution in [-0.2, 0) is 0 Å². The first-order valence-corrected chi connectivity index (χ1v) is 5.60. The highest BCUT2D eigenvalue weighted by Crippen LogP contribution is 2.17. The molecule has 0 aliphatic rings. The van der Waals surface area contributed by atoms with Crippen molar-refractivity contribution in [1.82, 2.24) is 5.32 Å². The van der Waals surface area contributed by atoms with Gasteiger partial charge < -0.3 is 10.1 Å². The largest absolute Gasteiger partial charge is 0.492 e. The van der Waals surface area contributed by atoms with Gasteiger partial charge in [-0.3, -0.25) is 0 Å². The molecule has 15 heavy (non-hydrogen) atoms. The van der Waals surface area contributed by atoms with E-state index in [4.69, 9.17) is 16.3 Å². The highest BCUT2D eigenvalue weighted by molar-refractivity contribution is 6.30. The lowest BCUT2D eigenvalue weighted by Gasteiger charge is -2.17. The molecule has 1 aromatic carbocycles. The van der Waals surface area contributed by atoms with Gasteiger partial charge in [0.15, 0.2) is 0 Å². The molecular formula is C12H18ClNO. The van der Waals surface area contributed by atoms with E-state index in [1.54, 1.807) is 0 Å². The fourth-order valence-corrected chi connectivity index (χ4v) is 1.58. The molecule has 0 aromatic heterocycles. The normalized spacial score (nSPS) is 12.9. The molecule has 1 atom stereocenters. The van der Waals surface area contributed by atoms with Crippen LogP contribution in [0.1, 0.15) is 20.8 Å². The van der Waals surface area contributed by atoms with Crippen LogP contribution in [0, 0.1) is 0 Å². The minimum atomic E-state index is 0.337. The van der Waals surface area contributed by atoms with E-state index < -0.39 is 0 Å². The van der Waals surface area contributed by atoms with Crippen LogP contribution in [-0.4, -0.2) is 18.7 Å². The molecule has 0 aliphatic carbocycles. The fourth-order valence-electron chi connectivity index (χ4n) is 1.40. The maximum atomic E-state index is 5.85. The molecule has 0 saturated heterocycles. The van der Waals surface area contributed by atoms with Crippen molar-refractivity contribution in [1.29, 1.82) is 0 Å². The van der Waals surface area contributed by atoms with Crippen molar-refractivity contribution in [2.24, 2.45) is 0 Å². The Morgan fingerprint density at radius 3 is 2.67 bits per heavy atom. The molecule has 0 radical (unpaired) electrons. The van der Waals surface area contributed by atoms with Gasteiger partial charge in [-0.2, -0.15) is 0 Å². The van der Waals surface area contributed by atoms with Crippen molar-refractivity contribution in [3.05, 3.63) is 29.3 Å². The average Bonchev–Trinajstić information content (AvgIpc) is 2.14. The molecular weight excluding hydrogens is 210 g/mol. The van der Waals surface area contributed by atoms with Gasteiger partial charge in [0.05, 0.1) is 0 Å². The first kappa shape index (κ1) is 12.3.